The molecule has 1 fully saturated rings. The fourth-order valence-electron chi connectivity index (χ4n) is 4.04. The van der Waals surface area contributed by atoms with E-state index in [1.54, 1.807) is 7.11 Å². The van der Waals surface area contributed by atoms with E-state index in [1.807, 2.05) is 24.3 Å². The van der Waals surface area contributed by atoms with Crippen molar-refractivity contribution < 1.29 is 19.7 Å². The molecule has 1 aliphatic rings. The Hall–Kier alpha value is -2.61. The van der Waals surface area contributed by atoms with E-state index in [2.05, 4.69) is 61.3 Å². The number of aryl methyl sites for hydroxylation is 2. The maximum Gasteiger partial charge on any atom is 0.306 e. The molecule has 0 spiro atoms. The van der Waals surface area contributed by atoms with Crippen molar-refractivity contribution in [1.29, 1.82) is 0 Å². The van der Waals surface area contributed by atoms with E-state index in [9.17, 15) is 9.90 Å². The van der Waals surface area contributed by atoms with Gasteiger partial charge in [0.1, 0.15) is 5.75 Å². The lowest BCUT2D eigenvalue weighted by atomic mass is 10.0. The summed E-state index contributed by atoms with van der Waals surface area (Å²) in [4.78, 5) is 14.9. The van der Waals surface area contributed by atoms with Gasteiger partial charge in [-0.1, -0.05) is 23.8 Å². The van der Waals surface area contributed by atoms with Crippen LogP contribution in [0.5, 0.6) is 5.75 Å². The number of hydrogen-bond donors (Lipinski definition) is 3. The Morgan fingerprint density at radius 1 is 1.15 bits per heavy atom. The van der Waals surface area contributed by atoms with Crippen LogP contribution in [0.3, 0.4) is 0 Å². The molecule has 0 aliphatic carbocycles. The third-order valence-corrected chi connectivity index (χ3v) is 5.92. The van der Waals surface area contributed by atoms with Crippen molar-refractivity contribution in [3.05, 3.63) is 59.2 Å². The second-order valence-corrected chi connectivity index (χ2v) is 9.37. The number of rotatable bonds is 9. The largest absolute Gasteiger partial charge is 0.497 e. The van der Waals surface area contributed by atoms with Crippen LogP contribution < -0.4 is 10.1 Å². The van der Waals surface area contributed by atoms with Crippen molar-refractivity contribution in [2.75, 3.05) is 46.2 Å². The Labute approximate surface area is 204 Å². The van der Waals surface area contributed by atoms with Crippen LogP contribution in [-0.2, 0) is 11.3 Å². The van der Waals surface area contributed by atoms with Gasteiger partial charge in [0.15, 0.2) is 0 Å². The van der Waals surface area contributed by atoms with E-state index in [4.69, 9.17) is 9.84 Å². The molecule has 0 saturated carbocycles. The molecular formula is C27H41N3O4. The molecule has 2 aromatic rings. The summed E-state index contributed by atoms with van der Waals surface area (Å²) in [5.74, 6) is -0.0299. The molecule has 188 valence electrons. The van der Waals surface area contributed by atoms with Crippen LogP contribution in [-0.4, -0.2) is 79.0 Å². The van der Waals surface area contributed by atoms with Crippen molar-refractivity contribution in [3.63, 3.8) is 0 Å². The van der Waals surface area contributed by atoms with Gasteiger partial charge >= 0.3 is 5.97 Å². The molecule has 0 aromatic heterocycles. The maximum absolute atomic E-state index is 10.6. The molecule has 7 nitrogen and oxygen atoms in total. The lowest BCUT2D eigenvalue weighted by molar-refractivity contribution is -0.139. The number of methoxy groups -OCH3 is 1. The van der Waals surface area contributed by atoms with Gasteiger partial charge in [-0.25, -0.2) is 0 Å². The topological polar surface area (TPSA) is 85.3 Å². The standard InChI is InChI=1S/C19H31N3O3.C8H10O/c1-14-10-17(5-4-15(14)12-21(2)3)20-16-6-8-22(9-7-16)13-18(23)11-19(24)25;1-7-3-5-8(9-2)6-4-7/h4-5,10,16,18,20,23H,6-9,11-13H2,1-3H3,(H,24,25);3-6H,1-2H3. The van der Waals surface area contributed by atoms with E-state index >= 15 is 0 Å². The summed E-state index contributed by atoms with van der Waals surface area (Å²) in [6, 6.07) is 14.9. The highest BCUT2D eigenvalue weighted by atomic mass is 16.5. The number of benzene rings is 2. The SMILES string of the molecule is COc1ccc(C)cc1.Cc1cc(NC2CCN(CC(O)CC(=O)O)CC2)ccc1CN(C)C. The number of β-amino-alcohol motifs (C(OH)–C–C–N with tert-alkyl or cyclic N) is 1. The Bertz CT molecular complexity index is 878. The molecule has 34 heavy (non-hydrogen) atoms. The van der Waals surface area contributed by atoms with Gasteiger partial charge in [-0.2, -0.15) is 0 Å². The molecule has 1 aliphatic heterocycles. The van der Waals surface area contributed by atoms with E-state index < -0.39 is 12.1 Å². The number of carboxylic acid groups (broad SMARTS) is 1. The number of aliphatic hydroxyl groups excluding tert-OH is 1. The Morgan fingerprint density at radius 2 is 1.79 bits per heavy atom. The zero-order valence-electron chi connectivity index (χ0n) is 21.3. The molecule has 1 atom stereocenters. The minimum absolute atomic E-state index is 0.184. The zero-order valence-corrected chi connectivity index (χ0v) is 21.3. The number of piperidine rings is 1. The Morgan fingerprint density at radius 3 is 2.32 bits per heavy atom. The summed E-state index contributed by atoms with van der Waals surface area (Å²) in [7, 11) is 5.82. The highest BCUT2D eigenvalue weighted by molar-refractivity contribution is 5.67. The molecule has 1 unspecified atom stereocenters. The number of aliphatic hydroxyl groups is 1. The predicted octanol–water partition coefficient (Wildman–Crippen LogP) is 3.77. The monoisotopic (exact) mass is 471 g/mol. The molecular weight excluding hydrogens is 430 g/mol. The van der Waals surface area contributed by atoms with Crippen molar-refractivity contribution in [2.45, 2.75) is 51.8 Å². The molecule has 1 saturated heterocycles. The number of nitrogens with zero attached hydrogens (tertiary/aromatic N) is 2. The van der Waals surface area contributed by atoms with Gasteiger partial charge in [0.2, 0.25) is 0 Å². The molecule has 3 rings (SSSR count). The molecule has 0 amide bonds. The van der Waals surface area contributed by atoms with E-state index in [1.165, 1.54) is 16.7 Å². The lowest BCUT2D eigenvalue weighted by Crippen LogP contribution is -2.42. The van der Waals surface area contributed by atoms with E-state index in [0.29, 0.717) is 12.6 Å². The Kier molecular flexibility index (Phi) is 11.3. The highest BCUT2D eigenvalue weighted by Gasteiger charge is 2.22. The minimum atomic E-state index is -0.947. The first kappa shape index (κ1) is 27.6. The average molecular weight is 472 g/mol. The lowest BCUT2D eigenvalue weighted by Gasteiger charge is -2.33. The second kappa shape index (κ2) is 13.9. The fraction of sp³-hybridized carbons (Fsp3) is 0.519. The van der Waals surface area contributed by atoms with E-state index in [0.717, 1.165) is 43.9 Å². The quantitative estimate of drug-likeness (QED) is 0.513. The van der Waals surface area contributed by atoms with Crippen molar-refractivity contribution in [3.8, 4) is 5.75 Å². The second-order valence-electron chi connectivity index (χ2n) is 9.37. The number of anilines is 1. The fourth-order valence-corrected chi connectivity index (χ4v) is 4.04. The van der Waals surface area contributed by atoms with Crippen LogP contribution in [0.1, 0.15) is 36.0 Å². The molecule has 7 heteroatoms. The molecule has 1 heterocycles. The summed E-state index contributed by atoms with van der Waals surface area (Å²) in [5, 5.41) is 22.1. The van der Waals surface area contributed by atoms with Gasteiger partial charge in [-0.05, 0) is 76.2 Å². The average Bonchev–Trinajstić information content (AvgIpc) is 2.77. The minimum Gasteiger partial charge on any atom is -0.497 e. The smallest absolute Gasteiger partial charge is 0.306 e. The zero-order chi connectivity index (χ0) is 25.1. The summed E-state index contributed by atoms with van der Waals surface area (Å²) in [5.41, 5.74) is 5.06. The number of likely N-dealkylation sites (tertiary alicyclic amines) is 1. The van der Waals surface area contributed by atoms with Crippen LogP contribution in [0, 0.1) is 13.8 Å². The van der Waals surface area contributed by atoms with Crippen LogP contribution >= 0.6 is 0 Å². The van der Waals surface area contributed by atoms with Gasteiger partial charge < -0.3 is 30.1 Å². The third-order valence-electron chi connectivity index (χ3n) is 5.92. The summed E-state index contributed by atoms with van der Waals surface area (Å²) in [6.07, 6.45) is 1.03. The highest BCUT2D eigenvalue weighted by Crippen LogP contribution is 2.20. The number of aliphatic carboxylic acids is 1. The van der Waals surface area contributed by atoms with Crippen LogP contribution in [0.15, 0.2) is 42.5 Å². The summed E-state index contributed by atoms with van der Waals surface area (Å²) in [6.45, 7) is 7.36. The van der Waals surface area contributed by atoms with Gasteiger partial charge in [-0.15, -0.1) is 0 Å². The molecule has 0 bridgehead atoms. The predicted molar refractivity (Wildman–Crippen MR) is 138 cm³/mol. The van der Waals surface area contributed by atoms with Gasteiger partial charge in [0.05, 0.1) is 19.6 Å². The van der Waals surface area contributed by atoms with Crippen molar-refractivity contribution in [2.24, 2.45) is 0 Å². The molecule has 0 radical (unpaired) electrons. The number of ether oxygens (including phenoxy) is 1. The van der Waals surface area contributed by atoms with Gasteiger partial charge in [0.25, 0.3) is 0 Å². The normalized spacial score (nSPS) is 15.4. The van der Waals surface area contributed by atoms with Gasteiger partial charge in [-0.3, -0.25) is 4.79 Å². The van der Waals surface area contributed by atoms with Crippen molar-refractivity contribution >= 4 is 11.7 Å². The first-order valence-electron chi connectivity index (χ1n) is 11.9. The number of carboxylic acids is 1. The van der Waals surface area contributed by atoms with E-state index in [-0.39, 0.29) is 6.42 Å². The molecule has 2 aromatic carbocycles. The number of hydrogen-bond acceptors (Lipinski definition) is 6. The maximum atomic E-state index is 10.6. The Balaban J connectivity index is 0.000000379. The van der Waals surface area contributed by atoms with Crippen LogP contribution in [0.25, 0.3) is 0 Å². The van der Waals surface area contributed by atoms with Crippen molar-refractivity contribution in [1.82, 2.24) is 9.80 Å². The van der Waals surface area contributed by atoms with Crippen LogP contribution in [0.4, 0.5) is 5.69 Å². The molecule has 3 N–H and O–H groups in total. The number of nitrogens with one attached hydrogen (secondary N) is 1. The summed E-state index contributed by atoms with van der Waals surface area (Å²) >= 11 is 0. The number of carbonyl (C=O) groups is 1. The van der Waals surface area contributed by atoms with Crippen LogP contribution in [0.2, 0.25) is 0 Å². The first-order chi connectivity index (χ1) is 16.2. The summed E-state index contributed by atoms with van der Waals surface area (Å²) < 4.78 is 4.97. The van der Waals surface area contributed by atoms with Gasteiger partial charge in [0, 0.05) is 37.9 Å². The first-order valence-corrected chi connectivity index (χ1v) is 11.9. The third kappa shape index (κ3) is 10.1.